The summed E-state index contributed by atoms with van der Waals surface area (Å²) in [5, 5.41) is 0. The number of benzene rings is 1. The van der Waals surface area contributed by atoms with Crippen molar-refractivity contribution < 1.29 is 14.3 Å². The maximum Gasteiger partial charge on any atom is 0.227 e. The van der Waals surface area contributed by atoms with Gasteiger partial charge in [0.05, 0.1) is 5.92 Å². The van der Waals surface area contributed by atoms with Crippen LogP contribution in [0, 0.1) is 19.8 Å². The number of hydrogen-bond acceptors (Lipinski definition) is 3. The van der Waals surface area contributed by atoms with Crippen molar-refractivity contribution >= 4 is 11.8 Å². The zero-order chi connectivity index (χ0) is 17.3. The van der Waals surface area contributed by atoms with Gasteiger partial charge in [0.2, 0.25) is 11.8 Å². The maximum absolute atomic E-state index is 12.6. The van der Waals surface area contributed by atoms with E-state index in [-0.39, 0.29) is 23.8 Å². The second kappa shape index (κ2) is 6.83. The average Bonchev–Trinajstić information content (AvgIpc) is 2.90. The molecule has 3 rings (SSSR count). The molecule has 0 N–H and O–H groups in total. The molecule has 2 fully saturated rings. The fourth-order valence-corrected chi connectivity index (χ4v) is 3.50. The molecule has 0 spiro atoms. The van der Waals surface area contributed by atoms with Crippen LogP contribution < -0.4 is 4.74 Å². The highest BCUT2D eigenvalue weighted by molar-refractivity contribution is 5.89. The van der Waals surface area contributed by atoms with Gasteiger partial charge in [-0.25, -0.2) is 0 Å². The molecule has 0 saturated carbocycles. The van der Waals surface area contributed by atoms with E-state index in [0.717, 1.165) is 24.2 Å². The summed E-state index contributed by atoms with van der Waals surface area (Å²) in [4.78, 5) is 27.7. The number of piperidine rings is 1. The van der Waals surface area contributed by atoms with E-state index < -0.39 is 0 Å². The largest absolute Gasteiger partial charge is 0.490 e. The number of likely N-dealkylation sites (tertiary alicyclic amines) is 2. The minimum Gasteiger partial charge on any atom is -0.490 e. The van der Waals surface area contributed by atoms with Crippen molar-refractivity contribution in [2.75, 3.05) is 26.7 Å². The van der Waals surface area contributed by atoms with Crippen LogP contribution in [0.25, 0.3) is 0 Å². The van der Waals surface area contributed by atoms with Gasteiger partial charge < -0.3 is 14.5 Å². The highest BCUT2D eigenvalue weighted by atomic mass is 16.5. The molecule has 5 heteroatoms. The van der Waals surface area contributed by atoms with E-state index in [9.17, 15) is 9.59 Å². The molecule has 2 heterocycles. The van der Waals surface area contributed by atoms with Crippen LogP contribution in [0.2, 0.25) is 0 Å². The third-order valence-corrected chi connectivity index (χ3v) is 5.08. The molecule has 2 amide bonds. The lowest BCUT2D eigenvalue weighted by atomic mass is 10.0. The minimum atomic E-state index is -0.168. The molecule has 0 radical (unpaired) electrons. The Bertz CT molecular complexity index is 635. The van der Waals surface area contributed by atoms with Gasteiger partial charge in [-0.15, -0.1) is 0 Å². The predicted octanol–water partition coefficient (Wildman–Crippen LogP) is 2.15. The van der Waals surface area contributed by atoms with E-state index in [4.69, 9.17) is 4.74 Å². The Kier molecular flexibility index (Phi) is 4.78. The Morgan fingerprint density at radius 3 is 2.54 bits per heavy atom. The number of carbonyl (C=O) groups is 2. The van der Waals surface area contributed by atoms with E-state index in [0.29, 0.717) is 26.1 Å². The fourth-order valence-electron chi connectivity index (χ4n) is 3.50. The fraction of sp³-hybridized carbons (Fsp3) is 0.579. The van der Waals surface area contributed by atoms with Crippen LogP contribution in [0.4, 0.5) is 0 Å². The first-order chi connectivity index (χ1) is 11.4. The third-order valence-electron chi connectivity index (χ3n) is 5.08. The molecule has 0 aromatic heterocycles. The quantitative estimate of drug-likeness (QED) is 0.853. The maximum atomic E-state index is 12.6. The third kappa shape index (κ3) is 3.55. The summed E-state index contributed by atoms with van der Waals surface area (Å²) in [6.07, 6.45) is 2.20. The van der Waals surface area contributed by atoms with E-state index in [1.807, 2.05) is 4.90 Å². The Morgan fingerprint density at radius 2 is 1.92 bits per heavy atom. The second-order valence-corrected chi connectivity index (χ2v) is 7.09. The van der Waals surface area contributed by atoms with E-state index in [1.165, 1.54) is 5.56 Å². The van der Waals surface area contributed by atoms with Gasteiger partial charge in [-0.3, -0.25) is 9.59 Å². The lowest BCUT2D eigenvalue weighted by Gasteiger charge is -2.33. The molecule has 0 bridgehead atoms. The summed E-state index contributed by atoms with van der Waals surface area (Å²) in [6.45, 7) is 6.09. The molecule has 130 valence electrons. The molecule has 2 aliphatic rings. The van der Waals surface area contributed by atoms with Gasteiger partial charge >= 0.3 is 0 Å². The van der Waals surface area contributed by atoms with Crippen molar-refractivity contribution in [3.05, 3.63) is 29.3 Å². The lowest BCUT2D eigenvalue weighted by Crippen LogP contribution is -2.44. The number of aryl methyl sites for hydroxylation is 2. The molecule has 1 unspecified atom stereocenters. The molecule has 1 aromatic rings. The lowest BCUT2D eigenvalue weighted by molar-refractivity contribution is -0.137. The summed E-state index contributed by atoms with van der Waals surface area (Å²) in [7, 11) is 1.76. The molecule has 5 nitrogen and oxygen atoms in total. The van der Waals surface area contributed by atoms with Gasteiger partial charge in [0.25, 0.3) is 0 Å². The van der Waals surface area contributed by atoms with Crippen molar-refractivity contribution in [3.63, 3.8) is 0 Å². The van der Waals surface area contributed by atoms with Crippen LogP contribution in [0.15, 0.2) is 18.2 Å². The number of rotatable bonds is 3. The van der Waals surface area contributed by atoms with Crippen molar-refractivity contribution in [2.45, 2.75) is 39.2 Å². The number of ether oxygens (including phenoxy) is 1. The Morgan fingerprint density at radius 1 is 1.21 bits per heavy atom. The van der Waals surface area contributed by atoms with Crippen molar-refractivity contribution in [3.8, 4) is 5.75 Å². The van der Waals surface area contributed by atoms with E-state index in [2.05, 4.69) is 32.0 Å². The van der Waals surface area contributed by atoms with Crippen molar-refractivity contribution in [1.82, 2.24) is 9.80 Å². The smallest absolute Gasteiger partial charge is 0.227 e. The van der Waals surface area contributed by atoms with Gasteiger partial charge in [-0.05, 0) is 31.0 Å². The van der Waals surface area contributed by atoms with Crippen molar-refractivity contribution in [2.24, 2.45) is 5.92 Å². The van der Waals surface area contributed by atoms with Crippen LogP contribution in [0.1, 0.15) is 30.4 Å². The van der Waals surface area contributed by atoms with Gasteiger partial charge in [-0.2, -0.15) is 0 Å². The number of hydrogen-bond donors (Lipinski definition) is 0. The Hall–Kier alpha value is -2.04. The average molecular weight is 330 g/mol. The van der Waals surface area contributed by atoms with E-state index >= 15 is 0 Å². The number of amides is 2. The normalized spacial score (nSPS) is 22.1. The molecule has 1 aromatic carbocycles. The molecule has 0 aliphatic carbocycles. The Labute approximate surface area is 143 Å². The topological polar surface area (TPSA) is 49.9 Å². The highest BCUT2D eigenvalue weighted by Gasteiger charge is 2.36. The zero-order valence-electron chi connectivity index (χ0n) is 14.7. The summed E-state index contributed by atoms with van der Waals surface area (Å²) in [6, 6.07) is 6.24. The van der Waals surface area contributed by atoms with Crippen LogP contribution in [-0.2, 0) is 9.59 Å². The first-order valence-electron chi connectivity index (χ1n) is 8.70. The number of carbonyl (C=O) groups excluding carboxylic acids is 2. The summed E-state index contributed by atoms with van der Waals surface area (Å²) >= 11 is 0. The van der Waals surface area contributed by atoms with Gasteiger partial charge in [0.1, 0.15) is 11.9 Å². The highest BCUT2D eigenvalue weighted by Crippen LogP contribution is 2.25. The van der Waals surface area contributed by atoms with Crippen LogP contribution in [0.5, 0.6) is 5.75 Å². The summed E-state index contributed by atoms with van der Waals surface area (Å²) in [5.41, 5.74) is 2.34. The SMILES string of the molecule is Cc1ccc(C)c(OC2CCN(C(=O)C3CC(=O)N(C)C3)CC2)c1. The first-order valence-corrected chi connectivity index (χ1v) is 8.70. The number of nitrogens with zero attached hydrogens (tertiary/aromatic N) is 2. The van der Waals surface area contributed by atoms with Gasteiger partial charge in [-0.1, -0.05) is 12.1 Å². The summed E-state index contributed by atoms with van der Waals surface area (Å²) < 4.78 is 6.15. The van der Waals surface area contributed by atoms with Crippen LogP contribution in [-0.4, -0.2) is 54.4 Å². The zero-order valence-corrected chi connectivity index (χ0v) is 14.7. The summed E-state index contributed by atoms with van der Waals surface area (Å²) in [5.74, 6) is 0.973. The van der Waals surface area contributed by atoms with E-state index in [1.54, 1.807) is 11.9 Å². The standard InChI is InChI=1S/C19H26N2O3/c1-13-4-5-14(2)17(10-13)24-16-6-8-21(9-7-16)19(23)15-11-18(22)20(3)12-15/h4-5,10,15-16H,6-9,11-12H2,1-3H3. The predicted molar refractivity (Wildman–Crippen MR) is 91.9 cm³/mol. The van der Waals surface area contributed by atoms with Gasteiger partial charge in [0, 0.05) is 45.9 Å². The van der Waals surface area contributed by atoms with Gasteiger partial charge in [0.15, 0.2) is 0 Å². The molecular weight excluding hydrogens is 304 g/mol. The van der Waals surface area contributed by atoms with Crippen molar-refractivity contribution in [1.29, 1.82) is 0 Å². The molecule has 2 saturated heterocycles. The monoisotopic (exact) mass is 330 g/mol. The van der Waals surface area contributed by atoms with Crippen LogP contribution >= 0.6 is 0 Å². The Balaban J connectivity index is 1.53. The first kappa shape index (κ1) is 16.8. The second-order valence-electron chi connectivity index (χ2n) is 7.09. The molecular formula is C19H26N2O3. The minimum absolute atomic E-state index is 0.0708. The van der Waals surface area contributed by atoms with Crippen LogP contribution in [0.3, 0.4) is 0 Å². The molecule has 24 heavy (non-hydrogen) atoms. The molecule has 1 atom stereocenters. The molecule has 2 aliphatic heterocycles.